The van der Waals surface area contributed by atoms with E-state index in [1.807, 2.05) is 14.0 Å². The van der Waals surface area contributed by atoms with Crippen molar-refractivity contribution in [3.8, 4) is 21.0 Å². The number of aromatic nitrogens is 2. The number of aryl methyl sites for hydroxylation is 2. The van der Waals surface area contributed by atoms with Gasteiger partial charge in [-0.25, -0.2) is 9.97 Å². The molecule has 0 aliphatic heterocycles. The molecule has 0 aliphatic carbocycles. The van der Waals surface area contributed by atoms with Crippen LogP contribution in [0.5, 0.6) is 0 Å². The highest BCUT2D eigenvalue weighted by atomic mass is 32.1. The van der Waals surface area contributed by atoms with E-state index in [4.69, 9.17) is 4.98 Å². The topological polar surface area (TPSA) is 37.8 Å². The summed E-state index contributed by atoms with van der Waals surface area (Å²) in [6.45, 7) is 4.09. The molecule has 3 nitrogen and oxygen atoms in total. The summed E-state index contributed by atoms with van der Waals surface area (Å²) in [5.74, 6) is 0. The van der Waals surface area contributed by atoms with E-state index < -0.39 is 0 Å². The van der Waals surface area contributed by atoms with Crippen LogP contribution in [0.2, 0.25) is 0 Å². The molecule has 0 bridgehead atoms. The van der Waals surface area contributed by atoms with Crippen LogP contribution >= 0.6 is 34.0 Å². The summed E-state index contributed by atoms with van der Waals surface area (Å²) in [5.41, 5.74) is 3.35. The summed E-state index contributed by atoms with van der Waals surface area (Å²) < 4.78 is 0. The van der Waals surface area contributed by atoms with Crippen molar-refractivity contribution in [3.05, 3.63) is 27.5 Å². The minimum Gasteiger partial charge on any atom is -0.365 e. The fourth-order valence-electron chi connectivity index (χ4n) is 1.92. The average molecular weight is 307 g/mol. The van der Waals surface area contributed by atoms with Gasteiger partial charge in [0.05, 0.1) is 20.5 Å². The molecule has 0 spiro atoms. The molecule has 1 N–H and O–H groups in total. The van der Waals surface area contributed by atoms with Crippen molar-refractivity contribution in [2.75, 3.05) is 12.4 Å². The first kappa shape index (κ1) is 12.8. The molecule has 0 radical (unpaired) electrons. The van der Waals surface area contributed by atoms with Crippen LogP contribution in [0.3, 0.4) is 0 Å². The third-order valence-electron chi connectivity index (χ3n) is 2.74. The maximum Gasteiger partial charge on any atom is 0.183 e. The second-order valence-electron chi connectivity index (χ2n) is 4.11. The van der Waals surface area contributed by atoms with Gasteiger partial charge in [0.15, 0.2) is 5.13 Å². The van der Waals surface area contributed by atoms with Gasteiger partial charge in [-0.15, -0.1) is 11.3 Å². The summed E-state index contributed by atoms with van der Waals surface area (Å²) in [6, 6.07) is 2.14. The molecule has 3 aromatic heterocycles. The van der Waals surface area contributed by atoms with Crippen LogP contribution in [0.25, 0.3) is 21.0 Å². The Morgan fingerprint density at radius 3 is 2.53 bits per heavy atom. The molecule has 19 heavy (non-hydrogen) atoms. The predicted octanol–water partition coefficient (Wildman–Crippen LogP) is 4.65. The molecule has 0 aliphatic rings. The van der Waals surface area contributed by atoms with Crippen molar-refractivity contribution in [3.63, 3.8) is 0 Å². The van der Waals surface area contributed by atoms with Crippen molar-refractivity contribution in [2.45, 2.75) is 13.8 Å². The van der Waals surface area contributed by atoms with Crippen LogP contribution < -0.4 is 5.32 Å². The maximum absolute atomic E-state index is 4.71. The summed E-state index contributed by atoms with van der Waals surface area (Å²) in [4.78, 5) is 11.6. The van der Waals surface area contributed by atoms with Gasteiger partial charge in [-0.1, -0.05) is 11.3 Å². The van der Waals surface area contributed by atoms with Gasteiger partial charge in [0.25, 0.3) is 0 Å². The number of thiophene rings is 1. The lowest BCUT2D eigenvalue weighted by Crippen LogP contribution is -1.86. The van der Waals surface area contributed by atoms with Gasteiger partial charge >= 0.3 is 0 Å². The summed E-state index contributed by atoms with van der Waals surface area (Å²) in [7, 11) is 1.91. The minimum atomic E-state index is 0.946. The van der Waals surface area contributed by atoms with Gasteiger partial charge in [-0.2, -0.15) is 11.3 Å². The molecular formula is C13H13N3S3. The van der Waals surface area contributed by atoms with E-state index in [0.29, 0.717) is 0 Å². The smallest absolute Gasteiger partial charge is 0.183 e. The number of anilines is 1. The second-order valence-corrected chi connectivity index (χ2v) is 7.09. The van der Waals surface area contributed by atoms with Gasteiger partial charge in [0.2, 0.25) is 0 Å². The van der Waals surface area contributed by atoms with E-state index in [9.17, 15) is 0 Å². The lowest BCUT2D eigenvalue weighted by molar-refractivity contribution is 1.20. The van der Waals surface area contributed by atoms with Crippen molar-refractivity contribution in [1.82, 2.24) is 9.97 Å². The predicted molar refractivity (Wildman–Crippen MR) is 85.6 cm³/mol. The highest BCUT2D eigenvalue weighted by Crippen LogP contribution is 2.42. The monoisotopic (exact) mass is 307 g/mol. The Bertz CT molecular complexity index is 695. The fourth-order valence-corrected chi connectivity index (χ4v) is 4.54. The standard InChI is InChI=1S/C13H13N3S3/c1-7-11(18-8(2)15-7)10-12(9-4-5-17-6-9)19-13(14-3)16-10/h4-6H,1-3H3,(H,14,16). The first-order valence-electron chi connectivity index (χ1n) is 5.84. The van der Waals surface area contributed by atoms with E-state index >= 15 is 0 Å². The van der Waals surface area contributed by atoms with Crippen molar-refractivity contribution in [1.29, 1.82) is 0 Å². The highest BCUT2D eigenvalue weighted by Gasteiger charge is 2.18. The van der Waals surface area contributed by atoms with Crippen LogP contribution in [0.4, 0.5) is 5.13 Å². The van der Waals surface area contributed by atoms with Crippen LogP contribution in [0, 0.1) is 13.8 Å². The Morgan fingerprint density at radius 2 is 1.95 bits per heavy atom. The summed E-state index contributed by atoms with van der Waals surface area (Å²) in [6.07, 6.45) is 0. The molecule has 3 aromatic rings. The SMILES string of the molecule is CNc1nc(-c2sc(C)nc2C)c(-c2ccsc2)s1. The Balaban J connectivity index is 2.20. The lowest BCUT2D eigenvalue weighted by Gasteiger charge is -1.97. The number of thiazole rings is 2. The van der Waals surface area contributed by atoms with Gasteiger partial charge in [-0.3, -0.25) is 0 Å². The first-order valence-corrected chi connectivity index (χ1v) is 8.42. The Hall–Kier alpha value is -1.24. The first-order chi connectivity index (χ1) is 9.19. The van der Waals surface area contributed by atoms with E-state index in [0.717, 1.165) is 21.5 Å². The third kappa shape index (κ3) is 2.31. The van der Waals surface area contributed by atoms with E-state index in [2.05, 4.69) is 34.1 Å². The molecule has 0 unspecified atom stereocenters. The molecule has 0 amide bonds. The molecule has 0 atom stereocenters. The van der Waals surface area contributed by atoms with E-state index in [-0.39, 0.29) is 0 Å². The Labute approximate surface area is 124 Å². The van der Waals surface area contributed by atoms with Crippen LogP contribution in [0.15, 0.2) is 16.8 Å². The van der Waals surface area contributed by atoms with Crippen molar-refractivity contribution >= 4 is 39.1 Å². The number of hydrogen-bond donors (Lipinski definition) is 1. The van der Waals surface area contributed by atoms with Crippen LogP contribution in [-0.2, 0) is 0 Å². The molecule has 6 heteroatoms. The Morgan fingerprint density at radius 1 is 1.11 bits per heavy atom. The van der Waals surface area contributed by atoms with Gasteiger partial charge < -0.3 is 5.32 Å². The number of nitrogens with one attached hydrogen (secondary N) is 1. The summed E-state index contributed by atoms with van der Waals surface area (Å²) >= 11 is 5.12. The molecular weight excluding hydrogens is 294 g/mol. The van der Waals surface area contributed by atoms with Crippen LogP contribution in [-0.4, -0.2) is 17.0 Å². The van der Waals surface area contributed by atoms with E-state index in [1.54, 1.807) is 34.0 Å². The molecule has 0 saturated heterocycles. The van der Waals surface area contributed by atoms with Gasteiger partial charge in [0, 0.05) is 12.6 Å². The zero-order valence-corrected chi connectivity index (χ0v) is 13.3. The normalized spacial score (nSPS) is 10.9. The van der Waals surface area contributed by atoms with E-state index in [1.165, 1.54) is 15.3 Å². The molecule has 0 fully saturated rings. The molecule has 3 heterocycles. The van der Waals surface area contributed by atoms with Gasteiger partial charge in [0.1, 0.15) is 5.69 Å². The number of nitrogens with zero attached hydrogens (tertiary/aromatic N) is 2. The third-order valence-corrected chi connectivity index (χ3v) is 5.63. The highest BCUT2D eigenvalue weighted by molar-refractivity contribution is 7.21. The number of rotatable bonds is 3. The maximum atomic E-state index is 4.71. The summed E-state index contributed by atoms with van der Waals surface area (Å²) in [5, 5.41) is 9.44. The fraction of sp³-hybridized carbons (Fsp3) is 0.231. The molecule has 98 valence electrons. The Kier molecular flexibility index (Phi) is 3.38. The average Bonchev–Trinajstić information content (AvgIpc) is 3.07. The molecule has 0 saturated carbocycles. The quantitative estimate of drug-likeness (QED) is 0.765. The van der Waals surface area contributed by atoms with Crippen LogP contribution in [0.1, 0.15) is 10.7 Å². The second kappa shape index (κ2) is 5.03. The number of hydrogen-bond acceptors (Lipinski definition) is 6. The van der Waals surface area contributed by atoms with Crippen molar-refractivity contribution < 1.29 is 0 Å². The minimum absolute atomic E-state index is 0.946. The largest absolute Gasteiger partial charge is 0.365 e. The van der Waals surface area contributed by atoms with Gasteiger partial charge in [-0.05, 0) is 30.7 Å². The molecule has 0 aromatic carbocycles. The zero-order chi connectivity index (χ0) is 13.4. The van der Waals surface area contributed by atoms with Crippen molar-refractivity contribution in [2.24, 2.45) is 0 Å². The zero-order valence-electron chi connectivity index (χ0n) is 10.9. The molecule has 3 rings (SSSR count). The lowest BCUT2D eigenvalue weighted by atomic mass is 10.2.